The molecular weight excluding hydrogens is 152 g/mol. The third-order valence-electron chi connectivity index (χ3n) is 1.88. The summed E-state index contributed by atoms with van der Waals surface area (Å²) < 4.78 is 0. The molecule has 0 radical (unpaired) electrons. The van der Waals surface area contributed by atoms with Gasteiger partial charge in [0.1, 0.15) is 0 Å². The fourth-order valence-electron chi connectivity index (χ4n) is 1.04. The number of nitrogens with two attached hydrogens (primary N) is 1. The second-order valence-electron chi connectivity index (χ2n) is 3.23. The lowest BCUT2D eigenvalue weighted by molar-refractivity contribution is -0.118. The van der Waals surface area contributed by atoms with E-state index in [0.29, 0.717) is 6.42 Å². The summed E-state index contributed by atoms with van der Waals surface area (Å²) in [6, 6.07) is 0. The minimum absolute atomic E-state index is 0.211. The molecule has 0 saturated carbocycles. The molecule has 0 aromatic heterocycles. The molecule has 72 valence electrons. The van der Waals surface area contributed by atoms with Crippen LogP contribution >= 0.6 is 0 Å². The molecule has 0 aromatic carbocycles. The van der Waals surface area contributed by atoms with Crippen molar-refractivity contribution in [1.82, 2.24) is 4.90 Å². The van der Waals surface area contributed by atoms with Gasteiger partial charge in [-0.1, -0.05) is 19.8 Å². The van der Waals surface area contributed by atoms with Crippen molar-refractivity contribution in [2.24, 2.45) is 5.73 Å². The molecular formula is C9H20N2O. The van der Waals surface area contributed by atoms with E-state index in [1.54, 1.807) is 0 Å². The van der Waals surface area contributed by atoms with E-state index in [9.17, 15) is 4.79 Å². The number of carbonyl (C=O) groups is 1. The van der Waals surface area contributed by atoms with E-state index in [4.69, 9.17) is 5.73 Å². The normalized spacial score (nSPS) is 10.6. The zero-order valence-electron chi connectivity index (χ0n) is 8.18. The first-order valence-corrected chi connectivity index (χ1v) is 4.63. The predicted octanol–water partition coefficient (Wildman–Crippen LogP) is 0.984. The molecule has 2 N–H and O–H groups in total. The quantitative estimate of drug-likeness (QED) is 0.582. The number of unbranched alkanes of at least 4 members (excludes halogenated alkanes) is 2. The van der Waals surface area contributed by atoms with Crippen LogP contribution in [0.1, 0.15) is 32.6 Å². The molecule has 0 aromatic rings. The van der Waals surface area contributed by atoms with Gasteiger partial charge < -0.3 is 10.6 Å². The van der Waals surface area contributed by atoms with Crippen molar-refractivity contribution in [3.8, 4) is 0 Å². The number of amides is 1. The molecule has 3 heteroatoms. The third-order valence-corrected chi connectivity index (χ3v) is 1.88. The van der Waals surface area contributed by atoms with Gasteiger partial charge in [-0.3, -0.25) is 4.79 Å². The Morgan fingerprint density at radius 3 is 2.50 bits per heavy atom. The third kappa shape index (κ3) is 7.54. The molecule has 0 rings (SSSR count). The van der Waals surface area contributed by atoms with Crippen molar-refractivity contribution in [3.05, 3.63) is 0 Å². The molecule has 0 fully saturated rings. The van der Waals surface area contributed by atoms with Gasteiger partial charge in [-0.2, -0.15) is 0 Å². The maximum atomic E-state index is 10.4. The van der Waals surface area contributed by atoms with Crippen LogP contribution in [0.25, 0.3) is 0 Å². The summed E-state index contributed by atoms with van der Waals surface area (Å²) in [5.41, 5.74) is 5.03. The average molecular weight is 172 g/mol. The number of hydrogen-bond acceptors (Lipinski definition) is 2. The molecule has 12 heavy (non-hydrogen) atoms. The summed E-state index contributed by atoms with van der Waals surface area (Å²) in [5, 5.41) is 0. The molecule has 3 nitrogen and oxygen atoms in total. The lowest BCUT2D eigenvalue weighted by atomic mass is 10.2. The molecule has 0 heterocycles. The molecule has 0 spiro atoms. The monoisotopic (exact) mass is 172 g/mol. The molecule has 0 unspecified atom stereocenters. The van der Waals surface area contributed by atoms with Crippen LogP contribution in [0.5, 0.6) is 0 Å². The number of hydrogen-bond donors (Lipinski definition) is 1. The largest absolute Gasteiger partial charge is 0.370 e. The first kappa shape index (κ1) is 11.4. The minimum Gasteiger partial charge on any atom is -0.370 e. The first-order chi connectivity index (χ1) is 5.66. The van der Waals surface area contributed by atoms with Crippen LogP contribution in [0.4, 0.5) is 0 Å². The molecule has 0 bridgehead atoms. The van der Waals surface area contributed by atoms with Crippen LogP contribution in [0.15, 0.2) is 0 Å². The van der Waals surface area contributed by atoms with E-state index in [2.05, 4.69) is 11.8 Å². The average Bonchev–Trinajstić information content (AvgIpc) is 2.01. The van der Waals surface area contributed by atoms with Crippen molar-refractivity contribution >= 4 is 5.91 Å². The summed E-state index contributed by atoms with van der Waals surface area (Å²) in [6.07, 6.45) is 4.19. The second-order valence-corrected chi connectivity index (χ2v) is 3.23. The fourth-order valence-corrected chi connectivity index (χ4v) is 1.04. The highest BCUT2D eigenvalue weighted by molar-refractivity contribution is 5.73. The Labute approximate surface area is 74.9 Å². The van der Waals surface area contributed by atoms with Crippen molar-refractivity contribution < 1.29 is 4.79 Å². The zero-order valence-corrected chi connectivity index (χ0v) is 8.18. The van der Waals surface area contributed by atoms with E-state index in [0.717, 1.165) is 13.1 Å². The predicted molar refractivity (Wildman–Crippen MR) is 50.8 cm³/mol. The highest BCUT2D eigenvalue weighted by Crippen LogP contribution is 1.96. The van der Waals surface area contributed by atoms with E-state index in [-0.39, 0.29) is 5.91 Å². The van der Waals surface area contributed by atoms with Gasteiger partial charge >= 0.3 is 0 Å². The van der Waals surface area contributed by atoms with E-state index >= 15 is 0 Å². The Bertz CT molecular complexity index is 126. The van der Waals surface area contributed by atoms with Crippen LogP contribution in [-0.4, -0.2) is 30.9 Å². The highest BCUT2D eigenvalue weighted by atomic mass is 16.1. The second kappa shape index (κ2) is 7.10. The Morgan fingerprint density at radius 1 is 1.33 bits per heavy atom. The van der Waals surface area contributed by atoms with Crippen LogP contribution in [0.2, 0.25) is 0 Å². The molecule has 1 amide bonds. The highest BCUT2D eigenvalue weighted by Gasteiger charge is 1.99. The van der Waals surface area contributed by atoms with Gasteiger partial charge in [0.15, 0.2) is 0 Å². The number of primary amides is 1. The van der Waals surface area contributed by atoms with Crippen molar-refractivity contribution in [2.75, 3.05) is 20.1 Å². The Morgan fingerprint density at radius 2 is 2.00 bits per heavy atom. The van der Waals surface area contributed by atoms with Gasteiger partial charge in [-0.05, 0) is 20.0 Å². The van der Waals surface area contributed by atoms with Gasteiger partial charge in [-0.25, -0.2) is 0 Å². The summed E-state index contributed by atoms with van der Waals surface area (Å²) in [7, 11) is 2.03. The van der Waals surface area contributed by atoms with Crippen molar-refractivity contribution in [2.45, 2.75) is 32.6 Å². The topological polar surface area (TPSA) is 46.3 Å². The van der Waals surface area contributed by atoms with Gasteiger partial charge in [0.2, 0.25) is 5.91 Å². The lowest BCUT2D eigenvalue weighted by Gasteiger charge is -2.14. The van der Waals surface area contributed by atoms with Gasteiger partial charge in [0, 0.05) is 13.0 Å². The smallest absolute Gasteiger partial charge is 0.218 e. The number of nitrogens with zero attached hydrogens (tertiary/aromatic N) is 1. The number of rotatable bonds is 7. The zero-order chi connectivity index (χ0) is 9.40. The standard InChI is InChI=1S/C9H20N2O/c1-3-4-5-7-11(2)8-6-9(10)12/h3-8H2,1-2H3,(H2,10,12). The van der Waals surface area contributed by atoms with E-state index in [1.807, 2.05) is 7.05 Å². The summed E-state index contributed by atoms with van der Waals surface area (Å²) >= 11 is 0. The first-order valence-electron chi connectivity index (χ1n) is 4.63. The van der Waals surface area contributed by atoms with Crippen LogP contribution in [-0.2, 0) is 4.79 Å². The SMILES string of the molecule is CCCCCN(C)CCC(N)=O. The molecule has 0 aliphatic heterocycles. The van der Waals surface area contributed by atoms with Gasteiger partial charge in [0.25, 0.3) is 0 Å². The van der Waals surface area contributed by atoms with Crippen molar-refractivity contribution in [1.29, 1.82) is 0 Å². The summed E-state index contributed by atoms with van der Waals surface area (Å²) in [6.45, 7) is 4.05. The Balaban J connectivity index is 3.21. The summed E-state index contributed by atoms with van der Waals surface area (Å²) in [4.78, 5) is 12.6. The minimum atomic E-state index is -0.211. The molecule has 0 aliphatic carbocycles. The van der Waals surface area contributed by atoms with Crippen LogP contribution in [0.3, 0.4) is 0 Å². The van der Waals surface area contributed by atoms with Crippen LogP contribution < -0.4 is 5.73 Å². The maximum Gasteiger partial charge on any atom is 0.218 e. The Hall–Kier alpha value is -0.570. The molecule has 0 atom stereocenters. The van der Waals surface area contributed by atoms with Crippen molar-refractivity contribution in [3.63, 3.8) is 0 Å². The van der Waals surface area contributed by atoms with E-state index < -0.39 is 0 Å². The lowest BCUT2D eigenvalue weighted by Crippen LogP contribution is -2.25. The molecule has 0 aliphatic rings. The Kier molecular flexibility index (Phi) is 6.76. The fraction of sp³-hybridized carbons (Fsp3) is 0.889. The number of carbonyl (C=O) groups excluding carboxylic acids is 1. The maximum absolute atomic E-state index is 10.4. The summed E-state index contributed by atoms with van der Waals surface area (Å²) in [5.74, 6) is -0.211. The van der Waals surface area contributed by atoms with Crippen LogP contribution in [0, 0.1) is 0 Å². The van der Waals surface area contributed by atoms with Gasteiger partial charge in [-0.15, -0.1) is 0 Å². The van der Waals surface area contributed by atoms with Gasteiger partial charge in [0.05, 0.1) is 0 Å². The van der Waals surface area contributed by atoms with E-state index in [1.165, 1.54) is 19.3 Å². The molecule has 0 saturated heterocycles.